The smallest absolute Gasteiger partial charge is 0.122 e. The summed E-state index contributed by atoms with van der Waals surface area (Å²) < 4.78 is 10.7. The fraction of sp³-hybridized carbons (Fsp3) is 0.667. The number of methoxy groups -OCH3 is 2. The highest BCUT2D eigenvalue weighted by molar-refractivity contribution is 5.38. The zero-order valence-corrected chi connectivity index (χ0v) is 13.9. The van der Waals surface area contributed by atoms with Crippen LogP contribution in [0.4, 0.5) is 0 Å². The molecule has 1 saturated carbocycles. The van der Waals surface area contributed by atoms with Crippen LogP contribution in [0.3, 0.4) is 0 Å². The van der Waals surface area contributed by atoms with Gasteiger partial charge in [0.25, 0.3) is 0 Å². The molecule has 1 saturated heterocycles. The number of rotatable bonds is 5. The van der Waals surface area contributed by atoms with Gasteiger partial charge in [0.05, 0.1) is 14.2 Å². The molecule has 1 aliphatic heterocycles. The van der Waals surface area contributed by atoms with Gasteiger partial charge < -0.3 is 9.47 Å². The van der Waals surface area contributed by atoms with Gasteiger partial charge in [0.15, 0.2) is 0 Å². The standard InChI is InChI=1S/C18H28N2O2/c1-21-17-11-15(12-18(13-17)22-2)14-19-7-9-20(10-8-19)16-5-3-4-6-16/h11-13,16H,3-10,14H2,1-2H3. The molecule has 2 fully saturated rings. The third-order valence-electron chi connectivity index (χ3n) is 5.07. The lowest BCUT2D eigenvalue weighted by Gasteiger charge is -2.38. The highest BCUT2D eigenvalue weighted by Gasteiger charge is 2.26. The van der Waals surface area contributed by atoms with E-state index >= 15 is 0 Å². The van der Waals surface area contributed by atoms with Crippen LogP contribution in [0.15, 0.2) is 18.2 Å². The van der Waals surface area contributed by atoms with Crippen molar-refractivity contribution in [2.45, 2.75) is 38.3 Å². The molecule has 0 radical (unpaired) electrons. The zero-order valence-electron chi connectivity index (χ0n) is 13.9. The summed E-state index contributed by atoms with van der Waals surface area (Å²) in [6, 6.07) is 7.03. The summed E-state index contributed by atoms with van der Waals surface area (Å²) in [5.74, 6) is 1.75. The van der Waals surface area contributed by atoms with Crippen LogP contribution >= 0.6 is 0 Å². The van der Waals surface area contributed by atoms with Gasteiger partial charge in [-0.05, 0) is 30.5 Å². The summed E-state index contributed by atoms with van der Waals surface area (Å²) >= 11 is 0. The second kappa shape index (κ2) is 7.34. The average molecular weight is 304 g/mol. The van der Waals surface area contributed by atoms with Crippen molar-refractivity contribution in [2.24, 2.45) is 0 Å². The fourth-order valence-electron chi connectivity index (χ4n) is 3.77. The number of hydrogen-bond acceptors (Lipinski definition) is 4. The van der Waals surface area contributed by atoms with Crippen LogP contribution in [0.5, 0.6) is 11.5 Å². The average Bonchev–Trinajstić information content (AvgIpc) is 3.09. The molecule has 4 heteroatoms. The lowest BCUT2D eigenvalue weighted by atomic mass is 10.1. The molecule has 0 atom stereocenters. The Bertz CT molecular complexity index is 456. The van der Waals surface area contributed by atoms with Crippen molar-refractivity contribution in [1.29, 1.82) is 0 Å². The summed E-state index contributed by atoms with van der Waals surface area (Å²) in [6.07, 6.45) is 5.67. The molecule has 4 nitrogen and oxygen atoms in total. The summed E-state index contributed by atoms with van der Waals surface area (Å²) in [5, 5.41) is 0. The molecule has 1 heterocycles. The molecule has 1 aromatic rings. The van der Waals surface area contributed by atoms with Crippen LogP contribution in [-0.2, 0) is 6.54 Å². The fourth-order valence-corrected chi connectivity index (χ4v) is 3.77. The third kappa shape index (κ3) is 3.73. The first kappa shape index (κ1) is 15.6. The van der Waals surface area contributed by atoms with E-state index in [1.807, 2.05) is 6.07 Å². The highest BCUT2D eigenvalue weighted by Crippen LogP contribution is 2.26. The predicted molar refractivity (Wildman–Crippen MR) is 88.7 cm³/mol. The van der Waals surface area contributed by atoms with Gasteiger partial charge in [0, 0.05) is 44.8 Å². The molecule has 2 aliphatic rings. The second-order valence-corrected chi connectivity index (χ2v) is 6.47. The first-order valence-corrected chi connectivity index (χ1v) is 8.47. The number of benzene rings is 1. The Morgan fingerprint density at radius 1 is 0.909 bits per heavy atom. The van der Waals surface area contributed by atoms with Gasteiger partial charge in [0.2, 0.25) is 0 Å². The van der Waals surface area contributed by atoms with Gasteiger partial charge in [-0.3, -0.25) is 9.80 Å². The van der Waals surface area contributed by atoms with E-state index in [0.29, 0.717) is 0 Å². The molecule has 122 valence electrons. The normalized spacial score (nSPS) is 21.2. The van der Waals surface area contributed by atoms with Gasteiger partial charge >= 0.3 is 0 Å². The Hall–Kier alpha value is -1.26. The molecule has 1 aromatic carbocycles. The lowest BCUT2D eigenvalue weighted by Crippen LogP contribution is -2.49. The minimum absolute atomic E-state index is 0.860. The molecule has 0 amide bonds. The monoisotopic (exact) mass is 304 g/mol. The first-order valence-electron chi connectivity index (χ1n) is 8.47. The van der Waals surface area contributed by atoms with Crippen LogP contribution in [0, 0.1) is 0 Å². The van der Waals surface area contributed by atoms with Gasteiger partial charge in [-0.1, -0.05) is 12.8 Å². The van der Waals surface area contributed by atoms with Gasteiger partial charge in [-0.25, -0.2) is 0 Å². The van der Waals surface area contributed by atoms with Crippen molar-refractivity contribution in [1.82, 2.24) is 9.80 Å². The summed E-state index contributed by atoms with van der Waals surface area (Å²) in [6.45, 7) is 5.73. The predicted octanol–water partition coefficient (Wildman–Crippen LogP) is 2.76. The van der Waals surface area contributed by atoms with E-state index in [2.05, 4.69) is 21.9 Å². The van der Waals surface area contributed by atoms with Crippen LogP contribution in [0.1, 0.15) is 31.2 Å². The van der Waals surface area contributed by atoms with E-state index in [9.17, 15) is 0 Å². The lowest BCUT2D eigenvalue weighted by molar-refractivity contribution is 0.0936. The minimum atomic E-state index is 0.860. The van der Waals surface area contributed by atoms with E-state index in [1.165, 1.54) is 44.3 Å². The largest absolute Gasteiger partial charge is 0.497 e. The van der Waals surface area contributed by atoms with Crippen molar-refractivity contribution in [3.05, 3.63) is 23.8 Å². The van der Waals surface area contributed by atoms with Crippen molar-refractivity contribution in [3.8, 4) is 11.5 Å². The van der Waals surface area contributed by atoms with Crippen LogP contribution in [0.25, 0.3) is 0 Å². The third-order valence-corrected chi connectivity index (χ3v) is 5.07. The first-order chi connectivity index (χ1) is 10.8. The van der Waals surface area contributed by atoms with E-state index in [-0.39, 0.29) is 0 Å². The summed E-state index contributed by atoms with van der Waals surface area (Å²) in [4.78, 5) is 5.25. The van der Waals surface area contributed by atoms with Gasteiger partial charge in [-0.15, -0.1) is 0 Å². The number of nitrogens with zero attached hydrogens (tertiary/aromatic N) is 2. The molecule has 0 spiro atoms. The molecular weight excluding hydrogens is 276 g/mol. The van der Waals surface area contributed by atoms with Crippen LogP contribution in [0.2, 0.25) is 0 Å². The molecular formula is C18H28N2O2. The summed E-state index contributed by atoms with van der Waals surface area (Å²) in [7, 11) is 3.41. The number of ether oxygens (including phenoxy) is 2. The van der Waals surface area contributed by atoms with Gasteiger partial charge in [0.1, 0.15) is 11.5 Å². The Kier molecular flexibility index (Phi) is 5.21. The molecule has 0 unspecified atom stereocenters. The quantitative estimate of drug-likeness (QED) is 0.835. The van der Waals surface area contributed by atoms with Crippen molar-refractivity contribution >= 4 is 0 Å². The van der Waals surface area contributed by atoms with Crippen molar-refractivity contribution in [3.63, 3.8) is 0 Å². The highest BCUT2D eigenvalue weighted by atomic mass is 16.5. The van der Waals surface area contributed by atoms with E-state index in [4.69, 9.17) is 9.47 Å². The molecule has 0 N–H and O–H groups in total. The Balaban J connectivity index is 1.56. The maximum Gasteiger partial charge on any atom is 0.122 e. The van der Waals surface area contributed by atoms with Crippen LogP contribution < -0.4 is 9.47 Å². The molecule has 0 bridgehead atoms. The molecule has 3 rings (SSSR count). The number of piperazine rings is 1. The molecule has 22 heavy (non-hydrogen) atoms. The Morgan fingerprint density at radius 2 is 1.50 bits per heavy atom. The Morgan fingerprint density at radius 3 is 2.05 bits per heavy atom. The maximum absolute atomic E-state index is 5.36. The van der Waals surface area contributed by atoms with E-state index < -0.39 is 0 Å². The SMILES string of the molecule is COc1cc(CN2CCN(C3CCCC3)CC2)cc(OC)c1. The topological polar surface area (TPSA) is 24.9 Å². The van der Waals surface area contributed by atoms with Crippen LogP contribution in [-0.4, -0.2) is 56.2 Å². The molecule has 1 aliphatic carbocycles. The van der Waals surface area contributed by atoms with E-state index in [0.717, 1.165) is 37.2 Å². The zero-order chi connectivity index (χ0) is 15.4. The summed E-state index contributed by atoms with van der Waals surface area (Å²) in [5.41, 5.74) is 1.27. The Labute approximate surface area is 134 Å². The second-order valence-electron chi connectivity index (χ2n) is 6.47. The maximum atomic E-state index is 5.36. The van der Waals surface area contributed by atoms with Crippen molar-refractivity contribution < 1.29 is 9.47 Å². The van der Waals surface area contributed by atoms with E-state index in [1.54, 1.807) is 14.2 Å². The number of hydrogen-bond donors (Lipinski definition) is 0. The molecule has 0 aromatic heterocycles. The van der Waals surface area contributed by atoms with Gasteiger partial charge in [-0.2, -0.15) is 0 Å². The minimum Gasteiger partial charge on any atom is -0.497 e. The van der Waals surface area contributed by atoms with Crippen molar-refractivity contribution in [2.75, 3.05) is 40.4 Å².